The van der Waals surface area contributed by atoms with Crippen molar-refractivity contribution in [1.29, 1.82) is 0 Å². The molecule has 2 aromatic carbocycles. The van der Waals surface area contributed by atoms with Gasteiger partial charge >= 0.3 is 0 Å². The molecule has 0 unspecified atom stereocenters. The van der Waals surface area contributed by atoms with Gasteiger partial charge in [-0.1, -0.05) is 23.7 Å². The van der Waals surface area contributed by atoms with E-state index in [1.165, 1.54) is 11.8 Å². The number of methoxy groups -OCH3 is 1. The van der Waals surface area contributed by atoms with Crippen molar-refractivity contribution < 1.29 is 9.53 Å². The molecule has 3 aromatic rings. The number of thioether (sulfide) groups is 1. The summed E-state index contributed by atoms with van der Waals surface area (Å²) in [6.45, 7) is 0.305. The van der Waals surface area contributed by atoms with E-state index in [1.54, 1.807) is 7.11 Å². The smallest absolute Gasteiger partial charge is 0.230 e. The predicted molar refractivity (Wildman–Crippen MR) is 108 cm³/mol. The number of nitrogens with one attached hydrogen (secondary N) is 2. The van der Waals surface area contributed by atoms with Gasteiger partial charge in [-0.3, -0.25) is 9.89 Å². The zero-order chi connectivity index (χ0) is 19.1. The maximum atomic E-state index is 12.0. The first-order chi connectivity index (χ1) is 13.1. The maximum absolute atomic E-state index is 12.0. The molecule has 0 bridgehead atoms. The van der Waals surface area contributed by atoms with Crippen molar-refractivity contribution in [2.45, 2.75) is 12.3 Å². The normalized spacial score (nSPS) is 10.6. The summed E-state index contributed by atoms with van der Waals surface area (Å²) in [6.07, 6.45) is 0. The first-order valence-electron chi connectivity index (χ1n) is 8.28. The van der Waals surface area contributed by atoms with Crippen LogP contribution in [0.3, 0.4) is 0 Å². The van der Waals surface area contributed by atoms with Crippen LogP contribution < -0.4 is 10.1 Å². The lowest BCUT2D eigenvalue weighted by molar-refractivity contribution is -0.118. The standard InChI is InChI=1S/C19H19ClN4O2S/c1-26-16-7-5-14(6-8-16)19-22-17(23-24-19)10-21-18(25)12-27-11-13-3-2-4-15(20)9-13/h2-9H,10-12H2,1H3,(H,21,25)(H,22,23,24). The van der Waals surface area contributed by atoms with Gasteiger partial charge in [-0.15, -0.1) is 11.8 Å². The van der Waals surface area contributed by atoms with Crippen LogP contribution in [-0.4, -0.2) is 34.0 Å². The molecule has 0 aliphatic carbocycles. The molecule has 0 saturated heterocycles. The number of ether oxygens (including phenoxy) is 1. The number of amides is 1. The van der Waals surface area contributed by atoms with Crippen LogP contribution in [0.2, 0.25) is 5.02 Å². The maximum Gasteiger partial charge on any atom is 0.230 e. The summed E-state index contributed by atoms with van der Waals surface area (Å²) in [5, 5.41) is 10.6. The second-order valence-electron chi connectivity index (χ2n) is 5.73. The minimum atomic E-state index is -0.0515. The summed E-state index contributed by atoms with van der Waals surface area (Å²) in [4.78, 5) is 16.4. The van der Waals surface area contributed by atoms with Crippen LogP contribution in [0.25, 0.3) is 11.4 Å². The number of rotatable bonds is 8. The molecule has 1 heterocycles. The fraction of sp³-hybridized carbons (Fsp3) is 0.211. The van der Waals surface area contributed by atoms with Gasteiger partial charge < -0.3 is 10.1 Å². The quantitative estimate of drug-likeness (QED) is 0.600. The Morgan fingerprint density at radius 2 is 2.07 bits per heavy atom. The fourth-order valence-corrected chi connectivity index (χ4v) is 3.38. The van der Waals surface area contributed by atoms with Crippen LogP contribution in [0.5, 0.6) is 5.75 Å². The first kappa shape index (κ1) is 19.3. The Kier molecular flexibility index (Phi) is 6.73. The second kappa shape index (κ2) is 9.43. The van der Waals surface area contributed by atoms with Gasteiger partial charge in [0.25, 0.3) is 0 Å². The van der Waals surface area contributed by atoms with Crippen LogP contribution in [0.15, 0.2) is 48.5 Å². The number of carbonyl (C=O) groups excluding carboxylic acids is 1. The highest BCUT2D eigenvalue weighted by molar-refractivity contribution is 7.99. The van der Waals surface area contributed by atoms with Crippen LogP contribution in [0.4, 0.5) is 0 Å². The molecule has 1 amide bonds. The van der Waals surface area contributed by atoms with E-state index >= 15 is 0 Å². The minimum Gasteiger partial charge on any atom is -0.497 e. The van der Waals surface area contributed by atoms with Crippen LogP contribution in [0, 0.1) is 0 Å². The molecule has 3 rings (SSSR count). The van der Waals surface area contributed by atoms with Crippen LogP contribution in [-0.2, 0) is 17.1 Å². The number of aromatic amines is 1. The number of nitrogens with zero attached hydrogens (tertiary/aromatic N) is 2. The number of halogens is 1. The van der Waals surface area contributed by atoms with Gasteiger partial charge in [-0.25, -0.2) is 4.98 Å². The second-order valence-corrected chi connectivity index (χ2v) is 7.16. The van der Waals surface area contributed by atoms with Crippen LogP contribution in [0.1, 0.15) is 11.4 Å². The lowest BCUT2D eigenvalue weighted by Crippen LogP contribution is -2.25. The number of carbonyl (C=O) groups is 1. The molecule has 0 radical (unpaired) electrons. The fourth-order valence-electron chi connectivity index (χ4n) is 2.37. The highest BCUT2D eigenvalue weighted by Gasteiger charge is 2.08. The lowest BCUT2D eigenvalue weighted by Gasteiger charge is -2.04. The van der Waals surface area contributed by atoms with E-state index in [1.807, 2.05) is 48.5 Å². The number of hydrogen-bond acceptors (Lipinski definition) is 5. The molecule has 6 nitrogen and oxygen atoms in total. The van der Waals surface area contributed by atoms with Crippen molar-refractivity contribution in [3.05, 3.63) is 64.9 Å². The average molecular weight is 403 g/mol. The highest BCUT2D eigenvalue weighted by atomic mass is 35.5. The van der Waals surface area contributed by atoms with E-state index in [0.717, 1.165) is 22.6 Å². The molecule has 0 fully saturated rings. The largest absolute Gasteiger partial charge is 0.497 e. The van der Waals surface area contributed by atoms with Gasteiger partial charge in [-0.05, 0) is 42.0 Å². The number of aromatic nitrogens is 3. The lowest BCUT2D eigenvalue weighted by atomic mass is 10.2. The average Bonchev–Trinajstić information content (AvgIpc) is 3.16. The molecule has 8 heteroatoms. The van der Waals surface area contributed by atoms with Crippen molar-refractivity contribution >= 4 is 29.3 Å². The third-order valence-corrected chi connectivity index (χ3v) is 4.96. The summed E-state index contributed by atoms with van der Waals surface area (Å²) in [6, 6.07) is 15.1. The highest BCUT2D eigenvalue weighted by Crippen LogP contribution is 2.19. The monoisotopic (exact) mass is 402 g/mol. The Hall–Kier alpha value is -2.51. The van der Waals surface area contributed by atoms with Crippen molar-refractivity contribution in [1.82, 2.24) is 20.5 Å². The molecule has 0 aliphatic rings. The summed E-state index contributed by atoms with van der Waals surface area (Å²) in [5.41, 5.74) is 1.97. The molecule has 0 spiro atoms. The first-order valence-corrected chi connectivity index (χ1v) is 9.82. The molecule has 1 aromatic heterocycles. The van der Waals surface area contributed by atoms with Gasteiger partial charge in [0.15, 0.2) is 5.82 Å². The molecule has 27 heavy (non-hydrogen) atoms. The van der Waals surface area contributed by atoms with Gasteiger partial charge in [0.2, 0.25) is 5.91 Å². The Balaban J connectivity index is 1.44. The Labute approximate surface area is 166 Å². The molecule has 0 aliphatic heterocycles. The number of H-pyrrole nitrogens is 1. The van der Waals surface area contributed by atoms with Gasteiger partial charge in [0.05, 0.1) is 19.4 Å². The van der Waals surface area contributed by atoms with Gasteiger partial charge in [0, 0.05) is 16.3 Å². The topological polar surface area (TPSA) is 79.9 Å². The minimum absolute atomic E-state index is 0.0515. The molecule has 2 N–H and O–H groups in total. The predicted octanol–water partition coefficient (Wildman–Crippen LogP) is 3.68. The summed E-state index contributed by atoms with van der Waals surface area (Å²) in [7, 11) is 1.62. The Morgan fingerprint density at radius 3 is 2.81 bits per heavy atom. The molecular formula is C19H19ClN4O2S. The summed E-state index contributed by atoms with van der Waals surface area (Å²) in [5.74, 6) is 3.01. The third-order valence-electron chi connectivity index (χ3n) is 3.72. The van der Waals surface area contributed by atoms with Gasteiger partial charge in [0.1, 0.15) is 11.6 Å². The van der Waals surface area contributed by atoms with Crippen molar-refractivity contribution in [2.24, 2.45) is 0 Å². The van der Waals surface area contributed by atoms with E-state index < -0.39 is 0 Å². The van der Waals surface area contributed by atoms with Crippen molar-refractivity contribution in [3.63, 3.8) is 0 Å². The van der Waals surface area contributed by atoms with E-state index in [2.05, 4.69) is 20.5 Å². The molecule has 140 valence electrons. The van der Waals surface area contributed by atoms with Crippen molar-refractivity contribution in [2.75, 3.05) is 12.9 Å². The van der Waals surface area contributed by atoms with Gasteiger partial charge in [-0.2, -0.15) is 5.10 Å². The van der Waals surface area contributed by atoms with Crippen LogP contribution >= 0.6 is 23.4 Å². The summed E-state index contributed by atoms with van der Waals surface area (Å²) >= 11 is 7.49. The van der Waals surface area contributed by atoms with Crippen molar-refractivity contribution in [3.8, 4) is 17.1 Å². The van der Waals surface area contributed by atoms with E-state index in [-0.39, 0.29) is 5.91 Å². The Morgan fingerprint density at radius 1 is 1.26 bits per heavy atom. The summed E-state index contributed by atoms with van der Waals surface area (Å²) < 4.78 is 5.14. The molecular weight excluding hydrogens is 384 g/mol. The zero-order valence-electron chi connectivity index (χ0n) is 14.7. The van der Waals surface area contributed by atoms with E-state index in [9.17, 15) is 4.79 Å². The Bertz CT molecular complexity index is 899. The number of benzene rings is 2. The SMILES string of the molecule is COc1ccc(-c2n[nH]c(CNC(=O)CSCc3cccc(Cl)c3)n2)cc1. The number of hydrogen-bond donors (Lipinski definition) is 2. The molecule has 0 atom stereocenters. The van der Waals surface area contributed by atoms with E-state index in [4.69, 9.17) is 16.3 Å². The third kappa shape index (κ3) is 5.74. The molecule has 0 saturated carbocycles. The zero-order valence-corrected chi connectivity index (χ0v) is 16.3. The van der Waals surface area contributed by atoms with E-state index in [0.29, 0.717) is 29.0 Å².